The molecule has 3 heteroatoms. The lowest BCUT2D eigenvalue weighted by Gasteiger charge is -2.16. The molecule has 3 nitrogen and oxygen atoms in total. The topological polar surface area (TPSA) is 27.1 Å². The van der Waals surface area contributed by atoms with Crippen LogP contribution in [0.15, 0.2) is 121 Å². The third kappa shape index (κ3) is 2.87. The van der Waals surface area contributed by atoms with Crippen LogP contribution in [-0.4, -0.2) is 15.7 Å². The van der Waals surface area contributed by atoms with Gasteiger partial charge in [-0.05, 0) is 35.9 Å². The molecule has 0 saturated heterocycles. The number of para-hydroxylation sites is 4. The predicted octanol–water partition coefficient (Wildman–Crippen LogP) is 7.33. The molecular formula is C31H22N2O. The second kappa shape index (κ2) is 7.60. The summed E-state index contributed by atoms with van der Waals surface area (Å²) in [5.41, 5.74) is 7.73. The van der Waals surface area contributed by atoms with E-state index in [1.54, 1.807) is 0 Å². The summed E-state index contributed by atoms with van der Waals surface area (Å²) in [5, 5.41) is 0. The molecule has 34 heavy (non-hydrogen) atoms. The van der Waals surface area contributed by atoms with E-state index in [0.717, 1.165) is 33.9 Å². The highest BCUT2D eigenvalue weighted by atomic mass is 16.5. The highest BCUT2D eigenvalue weighted by Crippen LogP contribution is 2.47. The number of hydrogen-bond acceptors (Lipinski definition) is 2. The Bertz CT molecular complexity index is 1590. The second-order valence-corrected chi connectivity index (χ2v) is 8.74. The molecular weight excluding hydrogens is 416 g/mol. The van der Waals surface area contributed by atoms with Crippen LogP contribution >= 0.6 is 0 Å². The average Bonchev–Trinajstić information content (AvgIpc) is 3.48. The first-order valence-electron chi connectivity index (χ1n) is 11.7. The molecule has 0 amide bonds. The van der Waals surface area contributed by atoms with Crippen molar-refractivity contribution in [2.75, 3.05) is 0 Å². The van der Waals surface area contributed by atoms with E-state index in [1.807, 2.05) is 6.07 Å². The van der Waals surface area contributed by atoms with Crippen LogP contribution in [-0.2, 0) is 0 Å². The summed E-state index contributed by atoms with van der Waals surface area (Å²) in [5.74, 6) is 2.07. The highest BCUT2D eigenvalue weighted by molar-refractivity contribution is 5.88. The molecule has 2 unspecified atom stereocenters. The van der Waals surface area contributed by atoms with Gasteiger partial charge in [0.2, 0.25) is 0 Å². The summed E-state index contributed by atoms with van der Waals surface area (Å²) >= 11 is 0. The number of imidazole rings is 1. The van der Waals surface area contributed by atoms with Gasteiger partial charge in [-0.25, -0.2) is 4.98 Å². The fourth-order valence-electron chi connectivity index (χ4n) is 5.22. The van der Waals surface area contributed by atoms with Crippen molar-refractivity contribution in [3.63, 3.8) is 0 Å². The monoisotopic (exact) mass is 438 g/mol. The molecule has 0 N–H and O–H groups in total. The Morgan fingerprint density at radius 3 is 2.38 bits per heavy atom. The molecule has 7 rings (SSSR count). The Morgan fingerprint density at radius 2 is 1.44 bits per heavy atom. The number of hydrogen-bond donors (Lipinski definition) is 0. The molecule has 2 atom stereocenters. The Morgan fingerprint density at radius 1 is 0.676 bits per heavy atom. The van der Waals surface area contributed by atoms with Crippen LogP contribution in [0.4, 0.5) is 0 Å². The van der Waals surface area contributed by atoms with Gasteiger partial charge in [0.15, 0.2) is 0 Å². The van der Waals surface area contributed by atoms with Gasteiger partial charge in [0.25, 0.3) is 0 Å². The van der Waals surface area contributed by atoms with Crippen LogP contribution in [0, 0.1) is 0 Å². The number of rotatable bonds is 3. The van der Waals surface area contributed by atoms with Crippen molar-refractivity contribution < 1.29 is 4.74 Å². The first-order chi connectivity index (χ1) is 16.9. The minimum atomic E-state index is 0.0376. The summed E-state index contributed by atoms with van der Waals surface area (Å²) < 4.78 is 8.79. The zero-order valence-electron chi connectivity index (χ0n) is 18.5. The van der Waals surface area contributed by atoms with E-state index in [1.165, 1.54) is 16.7 Å². The molecule has 0 saturated carbocycles. The molecule has 162 valence electrons. The number of aromatic nitrogens is 2. The molecule has 4 aromatic carbocycles. The quantitative estimate of drug-likeness (QED) is 0.295. The van der Waals surface area contributed by atoms with Crippen molar-refractivity contribution in [2.45, 2.75) is 12.0 Å². The minimum Gasteiger partial charge on any atom is -0.484 e. The molecule has 0 radical (unpaired) electrons. The lowest BCUT2D eigenvalue weighted by molar-refractivity contribution is 0.269. The number of fused-ring (bicyclic) bond motifs is 4. The van der Waals surface area contributed by atoms with Gasteiger partial charge in [0.05, 0.1) is 22.3 Å². The van der Waals surface area contributed by atoms with Gasteiger partial charge in [-0.3, -0.25) is 4.57 Å². The van der Waals surface area contributed by atoms with Crippen LogP contribution < -0.4 is 4.74 Å². The highest BCUT2D eigenvalue weighted by Gasteiger charge is 2.35. The van der Waals surface area contributed by atoms with Crippen molar-refractivity contribution in [1.29, 1.82) is 0 Å². The van der Waals surface area contributed by atoms with Crippen molar-refractivity contribution >= 4 is 11.0 Å². The van der Waals surface area contributed by atoms with E-state index in [-0.39, 0.29) is 12.0 Å². The van der Waals surface area contributed by atoms with Gasteiger partial charge >= 0.3 is 0 Å². The molecule has 1 aliphatic heterocycles. The second-order valence-electron chi connectivity index (χ2n) is 8.74. The average molecular weight is 439 g/mol. The van der Waals surface area contributed by atoms with Crippen molar-refractivity contribution in [3.8, 4) is 34.0 Å². The summed E-state index contributed by atoms with van der Waals surface area (Å²) in [6.45, 7) is 0. The Balaban J connectivity index is 1.51. The Kier molecular flexibility index (Phi) is 4.28. The minimum absolute atomic E-state index is 0.0376. The number of benzene rings is 4. The van der Waals surface area contributed by atoms with Crippen LogP contribution in [0.25, 0.3) is 39.2 Å². The third-order valence-corrected chi connectivity index (χ3v) is 6.77. The maximum Gasteiger partial charge on any atom is 0.149 e. The van der Waals surface area contributed by atoms with Crippen molar-refractivity contribution in [3.05, 3.63) is 127 Å². The molecule has 2 aliphatic rings. The fraction of sp³-hybridized carbons (Fsp3) is 0.0645. The smallest absolute Gasteiger partial charge is 0.149 e. The first kappa shape index (κ1) is 19.1. The van der Waals surface area contributed by atoms with Crippen LogP contribution in [0.1, 0.15) is 11.5 Å². The zero-order valence-corrected chi connectivity index (χ0v) is 18.5. The van der Waals surface area contributed by atoms with Gasteiger partial charge in [0, 0.05) is 17.0 Å². The normalized spacial score (nSPS) is 18.0. The lowest BCUT2D eigenvalue weighted by Crippen LogP contribution is -2.15. The van der Waals surface area contributed by atoms with E-state index < -0.39 is 0 Å². The molecule has 0 fully saturated rings. The van der Waals surface area contributed by atoms with E-state index in [2.05, 4.69) is 120 Å². The SMILES string of the molecule is C1=CC2Oc3c(-c4nc5ccccc5n4-c4ccccc4-c4ccccc4)cccc3C2C=C1. The maximum atomic E-state index is 6.51. The number of allylic oxidation sites excluding steroid dienone is 2. The van der Waals surface area contributed by atoms with E-state index in [0.29, 0.717) is 0 Å². The van der Waals surface area contributed by atoms with Crippen molar-refractivity contribution in [1.82, 2.24) is 9.55 Å². The number of ether oxygens (including phenoxy) is 1. The van der Waals surface area contributed by atoms with Gasteiger partial charge in [0.1, 0.15) is 17.7 Å². The van der Waals surface area contributed by atoms with Gasteiger partial charge in [-0.1, -0.05) is 91.0 Å². The fourth-order valence-corrected chi connectivity index (χ4v) is 5.22. The Labute approximate surface area is 198 Å². The van der Waals surface area contributed by atoms with Gasteiger partial charge < -0.3 is 4.74 Å². The molecule has 5 aromatic rings. The molecule has 1 aromatic heterocycles. The van der Waals surface area contributed by atoms with Gasteiger partial charge in [-0.15, -0.1) is 0 Å². The van der Waals surface area contributed by atoms with E-state index in [4.69, 9.17) is 9.72 Å². The largest absolute Gasteiger partial charge is 0.484 e. The number of nitrogens with zero attached hydrogens (tertiary/aromatic N) is 2. The summed E-state index contributed by atoms with van der Waals surface area (Å²) in [4.78, 5) is 5.14. The zero-order chi connectivity index (χ0) is 22.5. The molecule has 0 bridgehead atoms. The Hall–Kier alpha value is -4.37. The maximum absolute atomic E-state index is 6.51. The standard InChI is InChI=1S/C31H22N2O/c1-2-11-21(12-3-1)22-13-4-7-18-27(22)33-28-19-8-6-17-26(28)32-31(33)25-16-10-15-24-23-14-5-9-20-29(23)34-30(24)25/h1-20,23,29H. The predicted molar refractivity (Wildman–Crippen MR) is 137 cm³/mol. The summed E-state index contributed by atoms with van der Waals surface area (Å²) in [6.07, 6.45) is 8.59. The van der Waals surface area contributed by atoms with E-state index in [9.17, 15) is 0 Å². The van der Waals surface area contributed by atoms with Crippen LogP contribution in [0.5, 0.6) is 5.75 Å². The van der Waals surface area contributed by atoms with Gasteiger partial charge in [-0.2, -0.15) is 0 Å². The van der Waals surface area contributed by atoms with Crippen LogP contribution in [0.2, 0.25) is 0 Å². The summed E-state index contributed by atoms with van der Waals surface area (Å²) in [6, 6.07) is 33.9. The van der Waals surface area contributed by atoms with Crippen molar-refractivity contribution in [2.24, 2.45) is 0 Å². The molecule has 0 spiro atoms. The molecule has 1 aliphatic carbocycles. The van der Waals surface area contributed by atoms with Crippen LogP contribution in [0.3, 0.4) is 0 Å². The lowest BCUT2D eigenvalue weighted by atomic mass is 9.91. The molecule has 2 heterocycles. The van der Waals surface area contributed by atoms with E-state index >= 15 is 0 Å². The third-order valence-electron chi connectivity index (χ3n) is 6.77. The summed E-state index contributed by atoms with van der Waals surface area (Å²) in [7, 11) is 0. The first-order valence-corrected chi connectivity index (χ1v) is 11.7.